The Morgan fingerprint density at radius 2 is 1.80 bits per heavy atom. The van der Waals surface area contributed by atoms with E-state index in [9.17, 15) is 4.79 Å². The van der Waals surface area contributed by atoms with Gasteiger partial charge in [0.1, 0.15) is 6.61 Å². The average molecular weight is 341 g/mol. The zero-order valence-electron chi connectivity index (χ0n) is 14.7. The van der Waals surface area contributed by atoms with Crippen LogP contribution in [0.4, 0.5) is 11.4 Å². The van der Waals surface area contributed by atoms with E-state index in [0.717, 1.165) is 29.8 Å². The summed E-state index contributed by atoms with van der Waals surface area (Å²) in [6.07, 6.45) is 11.0. The number of aliphatic imine (C=N–C) groups is 1. The Bertz CT molecular complexity index is 659. The molecule has 1 aliphatic heterocycles. The van der Waals surface area contributed by atoms with Gasteiger partial charge in [0.15, 0.2) is 0 Å². The Morgan fingerprint density at radius 1 is 1.04 bits per heavy atom. The van der Waals surface area contributed by atoms with E-state index < -0.39 is 0 Å². The van der Waals surface area contributed by atoms with Gasteiger partial charge in [-0.15, -0.1) is 0 Å². The lowest BCUT2D eigenvalue weighted by Gasteiger charge is -2.25. The fourth-order valence-corrected chi connectivity index (χ4v) is 3.61. The van der Waals surface area contributed by atoms with Gasteiger partial charge in [-0.1, -0.05) is 32.1 Å². The van der Waals surface area contributed by atoms with Crippen LogP contribution >= 0.6 is 0 Å². The summed E-state index contributed by atoms with van der Waals surface area (Å²) in [5, 5.41) is 6.48. The van der Waals surface area contributed by atoms with E-state index in [1.54, 1.807) is 0 Å². The zero-order valence-corrected chi connectivity index (χ0v) is 14.7. The predicted octanol–water partition coefficient (Wildman–Crippen LogP) is 4.26. The highest BCUT2D eigenvalue weighted by molar-refractivity contribution is 5.94. The molecule has 2 fully saturated rings. The standard InChI is InChI=1S/C20H27N3O2/c24-19(14-8-9-14)21-17-10-11-18-15(12-17)13-25-20(23-18)22-16-6-4-2-1-3-5-7-16/h10-12,14,16H,1-9,13H2,(H,21,24)(H,22,23). The third kappa shape index (κ3) is 4.33. The normalized spacial score (nSPS) is 21.2. The van der Waals surface area contributed by atoms with Gasteiger partial charge in [0, 0.05) is 23.2 Å². The molecular formula is C20H27N3O2. The first kappa shape index (κ1) is 16.4. The van der Waals surface area contributed by atoms with Crippen molar-refractivity contribution >= 4 is 23.3 Å². The first-order valence-electron chi connectivity index (χ1n) is 9.70. The number of hydrogen-bond acceptors (Lipinski definition) is 4. The predicted molar refractivity (Wildman–Crippen MR) is 98.9 cm³/mol. The molecule has 5 heteroatoms. The van der Waals surface area contributed by atoms with Gasteiger partial charge in [0.25, 0.3) is 6.02 Å². The Hall–Kier alpha value is -2.04. The number of rotatable bonds is 3. The minimum atomic E-state index is 0.131. The van der Waals surface area contributed by atoms with Crippen LogP contribution in [-0.4, -0.2) is 18.0 Å². The molecule has 2 N–H and O–H groups in total. The van der Waals surface area contributed by atoms with Crippen LogP contribution in [0.5, 0.6) is 0 Å². The number of carbonyl (C=O) groups excluding carboxylic acids is 1. The van der Waals surface area contributed by atoms with Crippen LogP contribution < -0.4 is 10.6 Å². The molecule has 0 spiro atoms. The van der Waals surface area contributed by atoms with Gasteiger partial charge in [0.2, 0.25) is 5.91 Å². The number of amidine groups is 1. The van der Waals surface area contributed by atoms with Crippen molar-refractivity contribution < 1.29 is 9.53 Å². The van der Waals surface area contributed by atoms with Crippen LogP contribution in [0.2, 0.25) is 0 Å². The molecule has 0 bridgehead atoms. The fraction of sp³-hybridized carbons (Fsp3) is 0.600. The molecule has 1 aromatic rings. The number of fused-ring (bicyclic) bond motifs is 1. The summed E-state index contributed by atoms with van der Waals surface area (Å²) >= 11 is 0. The van der Waals surface area contributed by atoms with E-state index in [2.05, 4.69) is 15.6 Å². The summed E-state index contributed by atoms with van der Waals surface area (Å²) in [6, 6.07) is 7.00. The Kier molecular flexibility index (Phi) is 4.90. The van der Waals surface area contributed by atoms with Crippen molar-refractivity contribution in [2.45, 2.75) is 70.4 Å². The number of nitrogens with zero attached hydrogens (tertiary/aromatic N) is 1. The lowest BCUT2D eigenvalue weighted by Crippen LogP contribution is -2.37. The van der Waals surface area contributed by atoms with Gasteiger partial charge < -0.3 is 15.4 Å². The van der Waals surface area contributed by atoms with Crippen LogP contribution in [0.15, 0.2) is 23.2 Å². The van der Waals surface area contributed by atoms with E-state index in [4.69, 9.17) is 4.74 Å². The summed E-state index contributed by atoms with van der Waals surface area (Å²) in [5.74, 6) is 0.344. The largest absolute Gasteiger partial charge is 0.460 e. The SMILES string of the molecule is O=C(Nc1ccc2c(c1)COC(NC1CCCCCCC1)=N2)C1CC1. The van der Waals surface area contributed by atoms with Crippen LogP contribution in [0.25, 0.3) is 0 Å². The fourth-order valence-electron chi connectivity index (χ4n) is 3.61. The maximum atomic E-state index is 11.9. The van der Waals surface area contributed by atoms with Crippen molar-refractivity contribution in [3.05, 3.63) is 23.8 Å². The molecule has 3 aliphatic rings. The molecule has 0 unspecified atom stereocenters. The van der Waals surface area contributed by atoms with E-state index in [1.807, 2.05) is 18.2 Å². The minimum Gasteiger partial charge on any atom is -0.460 e. The summed E-state index contributed by atoms with van der Waals surface area (Å²) in [6.45, 7) is 0.501. The Morgan fingerprint density at radius 3 is 2.56 bits per heavy atom. The summed E-state index contributed by atoms with van der Waals surface area (Å²) in [4.78, 5) is 16.5. The van der Waals surface area contributed by atoms with E-state index in [0.29, 0.717) is 18.7 Å². The summed E-state index contributed by atoms with van der Waals surface area (Å²) in [7, 11) is 0. The number of anilines is 1. The molecule has 1 heterocycles. The highest BCUT2D eigenvalue weighted by Crippen LogP contribution is 2.32. The lowest BCUT2D eigenvalue weighted by molar-refractivity contribution is -0.117. The van der Waals surface area contributed by atoms with E-state index in [1.165, 1.54) is 44.9 Å². The molecule has 2 aliphatic carbocycles. The average Bonchev–Trinajstić information content (AvgIpc) is 3.42. The third-order valence-electron chi connectivity index (χ3n) is 5.31. The highest BCUT2D eigenvalue weighted by Gasteiger charge is 2.29. The van der Waals surface area contributed by atoms with Crippen molar-refractivity contribution in [2.24, 2.45) is 10.9 Å². The maximum Gasteiger partial charge on any atom is 0.290 e. The van der Waals surface area contributed by atoms with Gasteiger partial charge in [-0.05, 0) is 43.9 Å². The molecule has 2 saturated carbocycles. The topological polar surface area (TPSA) is 62.7 Å². The van der Waals surface area contributed by atoms with Crippen molar-refractivity contribution in [3.8, 4) is 0 Å². The van der Waals surface area contributed by atoms with Crippen molar-refractivity contribution in [1.29, 1.82) is 0 Å². The maximum absolute atomic E-state index is 11.9. The van der Waals surface area contributed by atoms with Gasteiger partial charge in [-0.3, -0.25) is 4.79 Å². The van der Waals surface area contributed by atoms with Gasteiger partial charge in [-0.25, -0.2) is 0 Å². The summed E-state index contributed by atoms with van der Waals surface area (Å²) < 4.78 is 5.83. The van der Waals surface area contributed by atoms with Crippen molar-refractivity contribution in [1.82, 2.24) is 5.32 Å². The molecular weight excluding hydrogens is 314 g/mol. The second-order valence-corrected chi connectivity index (χ2v) is 7.50. The first-order chi connectivity index (χ1) is 12.3. The third-order valence-corrected chi connectivity index (χ3v) is 5.31. The molecule has 25 heavy (non-hydrogen) atoms. The second-order valence-electron chi connectivity index (χ2n) is 7.50. The zero-order chi connectivity index (χ0) is 17.1. The lowest BCUT2D eigenvalue weighted by atomic mass is 9.97. The number of carbonyl (C=O) groups is 1. The Labute approximate surface area is 149 Å². The molecule has 4 rings (SSSR count). The number of ether oxygens (including phenoxy) is 1. The molecule has 1 amide bonds. The van der Waals surface area contributed by atoms with Crippen LogP contribution in [0.3, 0.4) is 0 Å². The first-order valence-corrected chi connectivity index (χ1v) is 9.70. The minimum absolute atomic E-state index is 0.131. The molecule has 0 atom stereocenters. The van der Waals surface area contributed by atoms with Crippen molar-refractivity contribution in [2.75, 3.05) is 5.32 Å². The van der Waals surface area contributed by atoms with E-state index >= 15 is 0 Å². The number of hydrogen-bond donors (Lipinski definition) is 2. The van der Waals surface area contributed by atoms with Gasteiger partial charge >= 0.3 is 0 Å². The molecule has 0 aromatic heterocycles. The van der Waals surface area contributed by atoms with Crippen LogP contribution in [-0.2, 0) is 16.1 Å². The van der Waals surface area contributed by atoms with Gasteiger partial charge in [0.05, 0.1) is 5.69 Å². The van der Waals surface area contributed by atoms with Gasteiger partial charge in [-0.2, -0.15) is 4.99 Å². The quantitative estimate of drug-likeness (QED) is 0.863. The molecule has 1 aromatic carbocycles. The second kappa shape index (κ2) is 7.46. The number of nitrogens with one attached hydrogen (secondary N) is 2. The molecule has 134 valence electrons. The number of benzene rings is 1. The Balaban J connectivity index is 1.40. The summed E-state index contributed by atoms with van der Waals surface area (Å²) in [5.41, 5.74) is 2.80. The molecule has 0 saturated heterocycles. The smallest absolute Gasteiger partial charge is 0.290 e. The highest BCUT2D eigenvalue weighted by atomic mass is 16.5. The van der Waals surface area contributed by atoms with Crippen molar-refractivity contribution in [3.63, 3.8) is 0 Å². The monoisotopic (exact) mass is 341 g/mol. The molecule has 0 radical (unpaired) electrons. The number of amides is 1. The van der Waals surface area contributed by atoms with Crippen LogP contribution in [0.1, 0.15) is 63.4 Å². The van der Waals surface area contributed by atoms with Crippen LogP contribution in [0, 0.1) is 5.92 Å². The van der Waals surface area contributed by atoms with E-state index in [-0.39, 0.29) is 11.8 Å². The molecule has 5 nitrogen and oxygen atoms in total.